The van der Waals surface area contributed by atoms with Crippen molar-refractivity contribution in [1.29, 1.82) is 0 Å². The summed E-state index contributed by atoms with van der Waals surface area (Å²) < 4.78 is 2.97. The van der Waals surface area contributed by atoms with Crippen LogP contribution in [0.5, 0.6) is 0 Å². The third kappa shape index (κ3) is 3.26. The summed E-state index contributed by atoms with van der Waals surface area (Å²) in [6.45, 7) is 2.87. The molecular weight excluding hydrogens is 318 g/mol. The number of nitrogens with zero attached hydrogens (tertiary/aromatic N) is 2. The summed E-state index contributed by atoms with van der Waals surface area (Å²) in [6.07, 6.45) is 6.44. The maximum atomic E-state index is 12.7. The van der Waals surface area contributed by atoms with E-state index in [4.69, 9.17) is 0 Å². The molecular formula is C15H24BrN3O. The van der Waals surface area contributed by atoms with Crippen molar-refractivity contribution in [2.45, 2.75) is 51.2 Å². The van der Waals surface area contributed by atoms with Crippen LogP contribution in [0, 0.1) is 0 Å². The van der Waals surface area contributed by atoms with E-state index in [-0.39, 0.29) is 5.91 Å². The van der Waals surface area contributed by atoms with Gasteiger partial charge in [0.25, 0.3) is 5.91 Å². The van der Waals surface area contributed by atoms with Gasteiger partial charge in [-0.25, -0.2) is 0 Å². The van der Waals surface area contributed by atoms with E-state index in [0.29, 0.717) is 12.1 Å². The molecule has 5 heteroatoms. The van der Waals surface area contributed by atoms with E-state index in [0.717, 1.165) is 42.4 Å². The van der Waals surface area contributed by atoms with E-state index >= 15 is 0 Å². The van der Waals surface area contributed by atoms with Crippen LogP contribution in [-0.4, -0.2) is 41.6 Å². The number of rotatable bonds is 4. The molecule has 1 aromatic heterocycles. The van der Waals surface area contributed by atoms with Crippen LogP contribution in [0.15, 0.2) is 16.7 Å². The van der Waals surface area contributed by atoms with Gasteiger partial charge in [-0.3, -0.25) is 4.79 Å². The van der Waals surface area contributed by atoms with Gasteiger partial charge in [0.2, 0.25) is 0 Å². The molecule has 2 rings (SSSR count). The Balaban J connectivity index is 2.05. The number of aryl methyl sites for hydroxylation is 1. The molecule has 1 aliphatic rings. The Morgan fingerprint density at radius 1 is 1.45 bits per heavy atom. The molecule has 0 radical (unpaired) electrons. The van der Waals surface area contributed by atoms with Gasteiger partial charge >= 0.3 is 0 Å². The summed E-state index contributed by atoms with van der Waals surface area (Å²) in [5, 5.41) is 3.33. The van der Waals surface area contributed by atoms with Crippen LogP contribution in [0.1, 0.15) is 43.1 Å². The van der Waals surface area contributed by atoms with Gasteiger partial charge in [-0.1, -0.05) is 0 Å². The Bertz CT molecular complexity index is 464. The monoisotopic (exact) mass is 341 g/mol. The van der Waals surface area contributed by atoms with Crippen LogP contribution in [0.3, 0.4) is 0 Å². The molecule has 0 aliphatic heterocycles. The van der Waals surface area contributed by atoms with Crippen molar-refractivity contribution < 1.29 is 4.79 Å². The maximum Gasteiger partial charge on any atom is 0.270 e. The zero-order valence-electron chi connectivity index (χ0n) is 12.5. The van der Waals surface area contributed by atoms with Gasteiger partial charge in [0, 0.05) is 36.3 Å². The first-order valence-corrected chi connectivity index (χ1v) is 8.16. The van der Waals surface area contributed by atoms with Crippen molar-refractivity contribution >= 4 is 21.8 Å². The molecule has 20 heavy (non-hydrogen) atoms. The molecule has 0 aromatic carbocycles. The van der Waals surface area contributed by atoms with Crippen molar-refractivity contribution in [3.05, 3.63) is 22.4 Å². The molecule has 1 N–H and O–H groups in total. The molecule has 1 aromatic rings. The molecule has 1 fully saturated rings. The first-order chi connectivity index (χ1) is 9.56. The highest BCUT2D eigenvalue weighted by atomic mass is 79.9. The fraction of sp³-hybridized carbons (Fsp3) is 0.667. The smallest absolute Gasteiger partial charge is 0.270 e. The van der Waals surface area contributed by atoms with E-state index in [1.54, 1.807) is 0 Å². The largest absolute Gasteiger partial charge is 0.343 e. The fourth-order valence-electron chi connectivity index (χ4n) is 3.01. The number of nitrogens with one attached hydrogen (secondary N) is 1. The average Bonchev–Trinajstić information content (AvgIpc) is 2.87. The molecule has 0 spiro atoms. The fourth-order valence-corrected chi connectivity index (χ4v) is 3.48. The highest BCUT2D eigenvalue weighted by molar-refractivity contribution is 9.10. The maximum absolute atomic E-state index is 12.7. The van der Waals surface area contributed by atoms with E-state index in [2.05, 4.69) is 28.2 Å². The molecule has 1 heterocycles. The quantitative estimate of drug-likeness (QED) is 0.914. The summed E-state index contributed by atoms with van der Waals surface area (Å²) in [5.74, 6) is 0.130. The normalized spacial score (nSPS) is 22.8. The van der Waals surface area contributed by atoms with Crippen LogP contribution < -0.4 is 5.32 Å². The summed E-state index contributed by atoms with van der Waals surface area (Å²) in [7, 11) is 3.96. The van der Waals surface area contributed by atoms with E-state index in [1.807, 2.05) is 35.8 Å². The topological polar surface area (TPSA) is 37.3 Å². The number of carbonyl (C=O) groups excluding carboxylic acids is 1. The lowest BCUT2D eigenvalue weighted by Crippen LogP contribution is -2.43. The van der Waals surface area contributed by atoms with Gasteiger partial charge in [0.15, 0.2) is 0 Å². The van der Waals surface area contributed by atoms with Crippen LogP contribution in [0.25, 0.3) is 0 Å². The molecule has 0 saturated heterocycles. The van der Waals surface area contributed by atoms with Crippen molar-refractivity contribution in [2.75, 3.05) is 14.1 Å². The van der Waals surface area contributed by atoms with Crippen molar-refractivity contribution in [3.63, 3.8) is 0 Å². The Kier molecular flexibility index (Phi) is 5.27. The molecule has 0 unspecified atom stereocenters. The lowest BCUT2D eigenvalue weighted by molar-refractivity contribution is 0.0675. The number of hydrogen-bond donors (Lipinski definition) is 1. The number of hydrogen-bond acceptors (Lipinski definition) is 2. The summed E-state index contributed by atoms with van der Waals surface area (Å²) >= 11 is 3.45. The lowest BCUT2D eigenvalue weighted by atomic mass is 9.90. The highest BCUT2D eigenvalue weighted by Crippen LogP contribution is 2.24. The molecule has 112 valence electrons. The second-order valence-corrected chi connectivity index (χ2v) is 6.46. The Morgan fingerprint density at radius 3 is 2.65 bits per heavy atom. The zero-order chi connectivity index (χ0) is 14.7. The van der Waals surface area contributed by atoms with Gasteiger partial charge in [-0.15, -0.1) is 0 Å². The van der Waals surface area contributed by atoms with Crippen molar-refractivity contribution in [1.82, 2.24) is 14.8 Å². The van der Waals surface area contributed by atoms with Crippen LogP contribution in [0.2, 0.25) is 0 Å². The number of amides is 1. The van der Waals surface area contributed by atoms with Gasteiger partial charge in [0.05, 0.1) is 0 Å². The van der Waals surface area contributed by atoms with E-state index in [1.165, 1.54) is 0 Å². The standard InChI is InChI=1S/C15H24BrN3O/c1-4-19-10-11(16)9-14(19)15(20)18(3)13-7-5-12(17-2)6-8-13/h9-10,12-13,17H,4-8H2,1-3H3. The van der Waals surface area contributed by atoms with Crippen LogP contribution in [-0.2, 0) is 6.54 Å². The van der Waals surface area contributed by atoms with Gasteiger partial charge < -0.3 is 14.8 Å². The average molecular weight is 342 g/mol. The van der Waals surface area contributed by atoms with Crippen molar-refractivity contribution in [2.24, 2.45) is 0 Å². The SMILES string of the molecule is CCn1cc(Br)cc1C(=O)N(C)C1CCC(NC)CC1. The first-order valence-electron chi connectivity index (χ1n) is 7.36. The van der Waals surface area contributed by atoms with Crippen molar-refractivity contribution in [3.8, 4) is 0 Å². The third-order valence-electron chi connectivity index (χ3n) is 4.40. The molecule has 0 atom stereocenters. The Morgan fingerprint density at radius 2 is 2.10 bits per heavy atom. The van der Waals surface area contributed by atoms with Gasteiger partial charge in [-0.05, 0) is 61.7 Å². The highest BCUT2D eigenvalue weighted by Gasteiger charge is 2.27. The van der Waals surface area contributed by atoms with Gasteiger partial charge in [-0.2, -0.15) is 0 Å². The van der Waals surface area contributed by atoms with Crippen LogP contribution in [0.4, 0.5) is 0 Å². The number of aromatic nitrogens is 1. The predicted octanol–water partition coefficient (Wildman–Crippen LogP) is 2.87. The summed E-state index contributed by atoms with van der Waals surface area (Å²) in [6, 6.07) is 2.90. The van der Waals surface area contributed by atoms with E-state index in [9.17, 15) is 4.79 Å². The third-order valence-corrected chi connectivity index (χ3v) is 4.83. The predicted molar refractivity (Wildman–Crippen MR) is 85.0 cm³/mol. The molecule has 1 amide bonds. The molecule has 4 nitrogen and oxygen atoms in total. The Labute approximate surface area is 129 Å². The first kappa shape index (κ1) is 15.6. The lowest BCUT2D eigenvalue weighted by Gasteiger charge is -2.34. The Hall–Kier alpha value is -0.810. The minimum Gasteiger partial charge on any atom is -0.343 e. The summed E-state index contributed by atoms with van der Waals surface area (Å²) in [4.78, 5) is 14.6. The molecule has 1 aliphatic carbocycles. The van der Waals surface area contributed by atoms with Crippen LogP contribution >= 0.6 is 15.9 Å². The minimum atomic E-state index is 0.130. The number of halogens is 1. The minimum absolute atomic E-state index is 0.130. The van der Waals surface area contributed by atoms with Gasteiger partial charge in [0.1, 0.15) is 5.69 Å². The zero-order valence-corrected chi connectivity index (χ0v) is 14.1. The van der Waals surface area contributed by atoms with E-state index < -0.39 is 0 Å². The second-order valence-electron chi connectivity index (χ2n) is 5.54. The summed E-state index contributed by atoms with van der Waals surface area (Å²) in [5.41, 5.74) is 0.776. The number of carbonyl (C=O) groups is 1. The molecule has 1 saturated carbocycles. The molecule has 0 bridgehead atoms. The second kappa shape index (κ2) is 6.76.